The molecule has 7 heteroatoms. The second-order valence-electron chi connectivity index (χ2n) is 7.15. The number of halogens is 1. The summed E-state index contributed by atoms with van der Waals surface area (Å²) in [7, 11) is 0. The van der Waals surface area contributed by atoms with Gasteiger partial charge in [0.15, 0.2) is 11.5 Å². The Morgan fingerprint density at radius 1 is 1.00 bits per heavy atom. The molecule has 3 aromatic rings. The van der Waals surface area contributed by atoms with Crippen molar-refractivity contribution in [2.75, 3.05) is 6.79 Å². The number of nitrogens with two attached hydrogens (primary N) is 1. The molecule has 0 amide bonds. The van der Waals surface area contributed by atoms with Gasteiger partial charge in [-0.15, -0.1) is 0 Å². The van der Waals surface area contributed by atoms with Gasteiger partial charge in [-0.1, -0.05) is 24.3 Å². The Kier molecular flexibility index (Phi) is 5.08. The van der Waals surface area contributed by atoms with Gasteiger partial charge in [0, 0.05) is 15.2 Å². The zero-order valence-electron chi connectivity index (χ0n) is 16.3. The summed E-state index contributed by atoms with van der Waals surface area (Å²) < 4.78 is 23.8. The van der Waals surface area contributed by atoms with Crippen molar-refractivity contribution in [1.29, 1.82) is 5.26 Å². The van der Waals surface area contributed by atoms with Crippen molar-refractivity contribution < 1.29 is 18.9 Å². The van der Waals surface area contributed by atoms with E-state index in [1.54, 1.807) is 6.07 Å². The first-order valence-electron chi connectivity index (χ1n) is 9.60. The molecule has 0 aliphatic carbocycles. The van der Waals surface area contributed by atoms with Crippen LogP contribution in [0.15, 0.2) is 72.1 Å². The van der Waals surface area contributed by atoms with Gasteiger partial charge >= 0.3 is 0 Å². The summed E-state index contributed by atoms with van der Waals surface area (Å²) in [4.78, 5) is 0. The second-order valence-corrected chi connectivity index (χ2v) is 8.40. The van der Waals surface area contributed by atoms with Crippen LogP contribution in [0.25, 0.3) is 0 Å². The molecule has 5 rings (SSSR count). The first kappa shape index (κ1) is 19.6. The Bertz CT molecular complexity index is 1210. The number of hydrogen-bond acceptors (Lipinski definition) is 6. The quantitative estimate of drug-likeness (QED) is 0.493. The van der Waals surface area contributed by atoms with E-state index in [4.69, 9.17) is 24.7 Å². The van der Waals surface area contributed by atoms with Crippen LogP contribution >= 0.6 is 22.6 Å². The number of nitrogens with zero attached hydrogens (tertiary/aromatic N) is 1. The average molecular weight is 524 g/mol. The van der Waals surface area contributed by atoms with Gasteiger partial charge in [-0.2, -0.15) is 5.26 Å². The van der Waals surface area contributed by atoms with Crippen molar-refractivity contribution in [3.63, 3.8) is 0 Å². The van der Waals surface area contributed by atoms with Crippen LogP contribution in [-0.2, 0) is 6.61 Å². The van der Waals surface area contributed by atoms with Gasteiger partial charge in [0.25, 0.3) is 0 Å². The van der Waals surface area contributed by atoms with Crippen molar-refractivity contribution in [2.45, 2.75) is 12.5 Å². The molecule has 0 spiro atoms. The predicted octanol–water partition coefficient (Wildman–Crippen LogP) is 4.82. The number of fused-ring (bicyclic) bond motifs is 2. The van der Waals surface area contributed by atoms with E-state index in [2.05, 4.69) is 40.8 Å². The van der Waals surface area contributed by atoms with Gasteiger partial charge in [-0.05, 0) is 64.0 Å². The zero-order valence-corrected chi connectivity index (χ0v) is 18.5. The van der Waals surface area contributed by atoms with Gasteiger partial charge < -0.3 is 24.7 Å². The Balaban J connectivity index is 1.43. The fourth-order valence-electron chi connectivity index (χ4n) is 3.69. The molecule has 0 fully saturated rings. The lowest BCUT2D eigenvalue weighted by Gasteiger charge is -2.26. The highest BCUT2D eigenvalue weighted by Gasteiger charge is 2.33. The molecule has 0 aromatic heterocycles. The summed E-state index contributed by atoms with van der Waals surface area (Å²) in [5.41, 5.74) is 9.24. The largest absolute Gasteiger partial charge is 0.489 e. The molecule has 2 aliphatic rings. The fourth-order valence-corrected chi connectivity index (χ4v) is 4.05. The van der Waals surface area contributed by atoms with Crippen LogP contribution < -0.4 is 24.7 Å². The summed E-state index contributed by atoms with van der Waals surface area (Å²) in [6, 6.07) is 21.7. The molecule has 1 atom stereocenters. The van der Waals surface area contributed by atoms with Crippen molar-refractivity contribution in [2.24, 2.45) is 5.73 Å². The normalized spacial score (nSPS) is 16.3. The summed E-state index contributed by atoms with van der Waals surface area (Å²) in [6.07, 6.45) is 0. The Hall–Kier alpha value is -3.38. The minimum atomic E-state index is -0.367. The third kappa shape index (κ3) is 3.75. The van der Waals surface area contributed by atoms with E-state index >= 15 is 0 Å². The fraction of sp³-hybridized carbons (Fsp3) is 0.125. The molecule has 0 saturated heterocycles. The molecule has 2 N–H and O–H groups in total. The molecule has 0 unspecified atom stereocenters. The molecule has 31 heavy (non-hydrogen) atoms. The van der Waals surface area contributed by atoms with E-state index in [0.717, 1.165) is 22.4 Å². The lowest BCUT2D eigenvalue weighted by Crippen LogP contribution is -2.21. The van der Waals surface area contributed by atoms with Crippen molar-refractivity contribution in [3.05, 3.63) is 92.4 Å². The Morgan fingerprint density at radius 2 is 1.71 bits per heavy atom. The number of benzene rings is 3. The highest BCUT2D eigenvalue weighted by atomic mass is 127. The predicted molar refractivity (Wildman–Crippen MR) is 122 cm³/mol. The lowest BCUT2D eigenvalue weighted by atomic mass is 9.83. The number of allylic oxidation sites excluding steroid dienone is 1. The third-order valence-electron chi connectivity index (χ3n) is 5.24. The first-order chi connectivity index (χ1) is 15.1. The molecule has 0 saturated carbocycles. The third-order valence-corrected chi connectivity index (χ3v) is 5.96. The maximum atomic E-state index is 9.75. The van der Waals surface area contributed by atoms with Gasteiger partial charge in [-0.3, -0.25) is 0 Å². The van der Waals surface area contributed by atoms with Crippen LogP contribution in [0.4, 0.5) is 0 Å². The number of nitriles is 1. The van der Waals surface area contributed by atoms with Crippen molar-refractivity contribution in [1.82, 2.24) is 0 Å². The highest BCUT2D eigenvalue weighted by molar-refractivity contribution is 14.1. The van der Waals surface area contributed by atoms with E-state index < -0.39 is 0 Å². The number of rotatable bonds is 4. The van der Waals surface area contributed by atoms with Crippen molar-refractivity contribution in [3.8, 4) is 29.1 Å². The first-order valence-corrected chi connectivity index (χ1v) is 10.7. The number of hydrogen-bond donors (Lipinski definition) is 1. The van der Waals surface area contributed by atoms with E-state index in [1.165, 1.54) is 3.57 Å². The minimum Gasteiger partial charge on any atom is -0.489 e. The standard InChI is InChI=1S/C24H17IN2O4/c25-16-5-1-14(2-6-16)12-28-17-7-3-15(4-8-17)23-18-9-21-22(30-13-29-21)10-20(18)31-24(27)19(23)11-26/h1-10,23H,12-13,27H2/t23-/m0/s1. The van der Waals surface area contributed by atoms with Crippen LogP contribution in [0.3, 0.4) is 0 Å². The second kappa shape index (κ2) is 8.04. The summed E-state index contributed by atoms with van der Waals surface area (Å²) in [5, 5.41) is 9.75. The topological polar surface area (TPSA) is 86.7 Å². The number of ether oxygens (including phenoxy) is 4. The van der Waals surface area contributed by atoms with E-state index in [0.29, 0.717) is 29.4 Å². The highest BCUT2D eigenvalue weighted by Crippen LogP contribution is 2.47. The van der Waals surface area contributed by atoms with Gasteiger partial charge in [0.1, 0.15) is 29.7 Å². The molecular formula is C24H17IN2O4. The molecule has 2 heterocycles. The van der Waals surface area contributed by atoms with Gasteiger partial charge in [0.05, 0.1) is 5.92 Å². The van der Waals surface area contributed by atoms with Gasteiger partial charge in [-0.25, -0.2) is 0 Å². The summed E-state index contributed by atoms with van der Waals surface area (Å²) in [6.45, 7) is 0.639. The van der Waals surface area contributed by atoms with E-state index in [9.17, 15) is 5.26 Å². The minimum absolute atomic E-state index is 0.0953. The SMILES string of the molecule is N#CC1=C(N)Oc2cc3c(cc2[C@@H]1c1ccc(OCc2ccc(I)cc2)cc1)OCO3. The summed E-state index contributed by atoms with van der Waals surface area (Å²) >= 11 is 2.28. The van der Waals surface area contributed by atoms with Crippen LogP contribution in [0.5, 0.6) is 23.0 Å². The Morgan fingerprint density at radius 3 is 2.42 bits per heavy atom. The molecule has 0 bridgehead atoms. The maximum absolute atomic E-state index is 9.75. The van der Waals surface area contributed by atoms with Crippen molar-refractivity contribution >= 4 is 22.6 Å². The molecule has 6 nitrogen and oxygen atoms in total. The molecular weight excluding hydrogens is 507 g/mol. The lowest BCUT2D eigenvalue weighted by molar-refractivity contribution is 0.174. The average Bonchev–Trinajstić information content (AvgIpc) is 3.24. The monoisotopic (exact) mass is 524 g/mol. The van der Waals surface area contributed by atoms with Crippen LogP contribution in [-0.4, -0.2) is 6.79 Å². The molecule has 3 aromatic carbocycles. The van der Waals surface area contributed by atoms with E-state index in [1.807, 2.05) is 42.5 Å². The van der Waals surface area contributed by atoms with Crippen LogP contribution in [0.1, 0.15) is 22.6 Å². The zero-order chi connectivity index (χ0) is 21.4. The Labute approximate surface area is 192 Å². The molecule has 154 valence electrons. The van der Waals surface area contributed by atoms with E-state index in [-0.39, 0.29) is 18.6 Å². The molecule has 2 aliphatic heterocycles. The molecule has 0 radical (unpaired) electrons. The van der Waals surface area contributed by atoms with Crippen LogP contribution in [0, 0.1) is 14.9 Å². The van der Waals surface area contributed by atoms with Gasteiger partial charge in [0.2, 0.25) is 12.7 Å². The smallest absolute Gasteiger partial charge is 0.231 e. The maximum Gasteiger partial charge on any atom is 0.231 e. The van der Waals surface area contributed by atoms with Crippen LogP contribution in [0.2, 0.25) is 0 Å². The summed E-state index contributed by atoms with van der Waals surface area (Å²) in [5.74, 6) is 2.26.